The molecule has 0 aliphatic carbocycles. The minimum absolute atomic E-state index is 0.00795. The van der Waals surface area contributed by atoms with Gasteiger partial charge in [-0.3, -0.25) is 9.59 Å². The first-order valence-corrected chi connectivity index (χ1v) is 10.5. The van der Waals surface area contributed by atoms with Crippen LogP contribution in [0, 0.1) is 18.7 Å². The molecule has 7 heteroatoms. The van der Waals surface area contributed by atoms with Crippen LogP contribution in [0.2, 0.25) is 0 Å². The number of benzene rings is 1. The Morgan fingerprint density at radius 2 is 1.79 bits per heavy atom. The molecule has 158 valence electrons. The van der Waals surface area contributed by atoms with E-state index < -0.39 is 0 Å². The molecule has 2 amide bonds. The Morgan fingerprint density at radius 3 is 2.34 bits per heavy atom. The first-order chi connectivity index (χ1) is 13.8. The van der Waals surface area contributed by atoms with Gasteiger partial charge in [0.25, 0.3) is 0 Å². The number of carbonyl (C=O) groups excluding carboxylic acids is 2. The number of halogens is 1. The van der Waals surface area contributed by atoms with Gasteiger partial charge in [0.15, 0.2) is 0 Å². The number of thiophene rings is 1. The maximum atomic E-state index is 13.3. The topological polar surface area (TPSA) is 49.9 Å². The smallest absolute Gasteiger partial charge is 0.242 e. The largest absolute Gasteiger partial charge is 0.383 e. The first kappa shape index (κ1) is 23.0. The van der Waals surface area contributed by atoms with Gasteiger partial charge in [0.1, 0.15) is 5.82 Å². The molecule has 0 N–H and O–H groups in total. The van der Waals surface area contributed by atoms with E-state index in [4.69, 9.17) is 4.74 Å². The van der Waals surface area contributed by atoms with Crippen molar-refractivity contribution in [2.45, 2.75) is 33.9 Å². The minimum Gasteiger partial charge on any atom is -0.383 e. The third-order valence-corrected chi connectivity index (χ3v) is 5.65. The third kappa shape index (κ3) is 6.94. The lowest BCUT2D eigenvalue weighted by Gasteiger charge is -2.28. The standard InChI is InChI=1S/C22H29FN2O3S/c1-16(2)22(27)24(10-11-28-4)15-21(26)25(14-20-17(3)9-12-29-20)13-18-5-7-19(23)8-6-18/h5-9,12,16H,10-11,13-15H2,1-4H3. The van der Waals surface area contributed by atoms with Crippen molar-refractivity contribution in [1.82, 2.24) is 9.80 Å². The summed E-state index contributed by atoms with van der Waals surface area (Å²) in [7, 11) is 1.57. The van der Waals surface area contributed by atoms with Crippen LogP contribution < -0.4 is 0 Å². The van der Waals surface area contributed by atoms with E-state index in [-0.39, 0.29) is 30.1 Å². The van der Waals surface area contributed by atoms with Crippen LogP contribution in [0.15, 0.2) is 35.7 Å². The number of amides is 2. The number of ether oxygens (including phenoxy) is 1. The molecule has 1 aromatic heterocycles. The van der Waals surface area contributed by atoms with Crippen molar-refractivity contribution < 1.29 is 18.7 Å². The third-order valence-electron chi connectivity index (χ3n) is 4.64. The van der Waals surface area contributed by atoms with Gasteiger partial charge in [-0.25, -0.2) is 4.39 Å². The van der Waals surface area contributed by atoms with Crippen LogP contribution in [0.3, 0.4) is 0 Å². The van der Waals surface area contributed by atoms with Gasteiger partial charge in [-0.1, -0.05) is 26.0 Å². The average Bonchev–Trinajstić information content (AvgIpc) is 3.10. The van der Waals surface area contributed by atoms with E-state index in [1.165, 1.54) is 12.1 Å². The monoisotopic (exact) mass is 420 g/mol. The van der Waals surface area contributed by atoms with Crippen molar-refractivity contribution in [2.75, 3.05) is 26.8 Å². The number of methoxy groups -OCH3 is 1. The molecule has 0 unspecified atom stereocenters. The Labute approximate surface area is 176 Å². The SMILES string of the molecule is COCCN(CC(=O)N(Cc1ccc(F)cc1)Cc1sccc1C)C(=O)C(C)C. The number of nitrogens with zero attached hydrogens (tertiary/aromatic N) is 2. The lowest BCUT2D eigenvalue weighted by molar-refractivity contribution is -0.143. The zero-order chi connectivity index (χ0) is 21.4. The lowest BCUT2D eigenvalue weighted by atomic mass is 10.1. The maximum Gasteiger partial charge on any atom is 0.242 e. The molecule has 1 aromatic carbocycles. The normalized spacial score (nSPS) is 11.0. The van der Waals surface area contributed by atoms with Crippen molar-refractivity contribution in [1.29, 1.82) is 0 Å². The van der Waals surface area contributed by atoms with Gasteiger partial charge in [-0.15, -0.1) is 11.3 Å². The number of aryl methyl sites for hydroxylation is 1. The molecule has 0 radical (unpaired) electrons. The highest BCUT2D eigenvalue weighted by Crippen LogP contribution is 2.20. The van der Waals surface area contributed by atoms with Crippen LogP contribution in [0.25, 0.3) is 0 Å². The predicted molar refractivity (Wildman–Crippen MR) is 113 cm³/mol. The molecular weight excluding hydrogens is 391 g/mol. The van der Waals surface area contributed by atoms with Gasteiger partial charge in [0, 0.05) is 31.0 Å². The summed E-state index contributed by atoms with van der Waals surface area (Å²) >= 11 is 1.60. The molecule has 0 atom stereocenters. The second kappa shape index (κ2) is 11.1. The summed E-state index contributed by atoms with van der Waals surface area (Å²) in [6.07, 6.45) is 0. The average molecular weight is 421 g/mol. The second-order valence-corrected chi connectivity index (χ2v) is 8.31. The highest BCUT2D eigenvalue weighted by Gasteiger charge is 2.24. The number of carbonyl (C=O) groups is 2. The Bertz CT molecular complexity index is 805. The number of hydrogen-bond acceptors (Lipinski definition) is 4. The van der Waals surface area contributed by atoms with Gasteiger partial charge in [0.05, 0.1) is 19.7 Å². The van der Waals surface area contributed by atoms with Crippen molar-refractivity contribution in [3.63, 3.8) is 0 Å². The fraction of sp³-hybridized carbons (Fsp3) is 0.455. The Balaban J connectivity index is 2.20. The summed E-state index contributed by atoms with van der Waals surface area (Å²) in [5.74, 6) is -0.740. The van der Waals surface area contributed by atoms with E-state index in [0.717, 1.165) is 16.0 Å². The van der Waals surface area contributed by atoms with E-state index in [2.05, 4.69) is 0 Å². The summed E-state index contributed by atoms with van der Waals surface area (Å²) in [5.41, 5.74) is 1.97. The lowest BCUT2D eigenvalue weighted by Crippen LogP contribution is -2.45. The molecule has 0 fully saturated rings. The summed E-state index contributed by atoms with van der Waals surface area (Å²) in [6, 6.07) is 8.16. The van der Waals surface area contributed by atoms with E-state index in [1.54, 1.807) is 40.4 Å². The molecule has 0 aliphatic heterocycles. The van der Waals surface area contributed by atoms with Crippen LogP contribution in [-0.2, 0) is 27.4 Å². The zero-order valence-corrected chi connectivity index (χ0v) is 18.3. The van der Waals surface area contributed by atoms with E-state index in [1.807, 2.05) is 32.2 Å². The minimum atomic E-state index is -0.311. The van der Waals surface area contributed by atoms with Gasteiger partial charge >= 0.3 is 0 Å². The Hall–Kier alpha value is -2.25. The molecular formula is C22H29FN2O3S. The van der Waals surface area contributed by atoms with E-state index in [9.17, 15) is 14.0 Å². The summed E-state index contributed by atoms with van der Waals surface area (Å²) in [5, 5.41) is 2.00. The van der Waals surface area contributed by atoms with Crippen LogP contribution in [0.4, 0.5) is 4.39 Å². The molecule has 29 heavy (non-hydrogen) atoms. The molecule has 0 aliphatic rings. The highest BCUT2D eigenvalue weighted by molar-refractivity contribution is 7.10. The molecule has 2 rings (SSSR count). The van der Waals surface area contributed by atoms with E-state index in [0.29, 0.717) is 26.2 Å². The van der Waals surface area contributed by atoms with Crippen LogP contribution >= 0.6 is 11.3 Å². The van der Waals surface area contributed by atoms with Crippen molar-refractivity contribution >= 4 is 23.2 Å². The predicted octanol–water partition coefficient (Wildman–Crippen LogP) is 3.86. The second-order valence-electron chi connectivity index (χ2n) is 7.31. The highest BCUT2D eigenvalue weighted by atomic mass is 32.1. The van der Waals surface area contributed by atoms with E-state index >= 15 is 0 Å². The zero-order valence-electron chi connectivity index (χ0n) is 17.5. The van der Waals surface area contributed by atoms with Crippen molar-refractivity contribution in [2.24, 2.45) is 5.92 Å². The quantitative estimate of drug-likeness (QED) is 0.587. The van der Waals surface area contributed by atoms with Gasteiger partial charge in [-0.2, -0.15) is 0 Å². The molecule has 0 bridgehead atoms. The Kier molecular flexibility index (Phi) is 8.79. The summed E-state index contributed by atoms with van der Waals surface area (Å²) in [4.78, 5) is 30.1. The van der Waals surface area contributed by atoms with Gasteiger partial charge < -0.3 is 14.5 Å². The Morgan fingerprint density at radius 1 is 1.10 bits per heavy atom. The van der Waals surface area contributed by atoms with Gasteiger partial charge in [-0.05, 0) is 41.6 Å². The van der Waals surface area contributed by atoms with Crippen molar-refractivity contribution in [3.05, 3.63) is 57.5 Å². The fourth-order valence-corrected chi connectivity index (χ4v) is 3.80. The fourth-order valence-electron chi connectivity index (χ4n) is 2.88. The molecule has 0 saturated carbocycles. The number of hydrogen-bond donors (Lipinski definition) is 0. The summed E-state index contributed by atoms with van der Waals surface area (Å²) < 4.78 is 18.4. The molecule has 0 spiro atoms. The summed E-state index contributed by atoms with van der Waals surface area (Å²) in [6.45, 7) is 7.18. The first-order valence-electron chi connectivity index (χ1n) is 9.64. The van der Waals surface area contributed by atoms with Crippen LogP contribution in [0.5, 0.6) is 0 Å². The van der Waals surface area contributed by atoms with Crippen LogP contribution in [-0.4, -0.2) is 48.4 Å². The molecule has 1 heterocycles. The number of rotatable bonds is 10. The van der Waals surface area contributed by atoms with Crippen LogP contribution in [0.1, 0.15) is 29.9 Å². The molecule has 0 saturated heterocycles. The molecule has 5 nitrogen and oxygen atoms in total. The van der Waals surface area contributed by atoms with Gasteiger partial charge in [0.2, 0.25) is 11.8 Å². The van der Waals surface area contributed by atoms with Crippen molar-refractivity contribution in [3.8, 4) is 0 Å². The molecule has 2 aromatic rings. The maximum absolute atomic E-state index is 13.3.